The van der Waals surface area contributed by atoms with Gasteiger partial charge in [-0.05, 0) is 24.6 Å². The molecule has 4 nitrogen and oxygen atoms in total. The van der Waals surface area contributed by atoms with Crippen LogP contribution in [0.15, 0.2) is 42.1 Å². The molecule has 0 saturated heterocycles. The maximum Gasteiger partial charge on any atom is 0.145 e. The van der Waals surface area contributed by atoms with Crippen LogP contribution in [0.1, 0.15) is 18.9 Å². The Morgan fingerprint density at radius 2 is 2.24 bits per heavy atom. The Labute approximate surface area is 130 Å². The van der Waals surface area contributed by atoms with E-state index in [1.54, 1.807) is 6.92 Å². The fourth-order valence-corrected chi connectivity index (χ4v) is 2.53. The Morgan fingerprint density at radius 1 is 1.52 bits per heavy atom. The highest BCUT2D eigenvalue weighted by molar-refractivity contribution is 6.30. The van der Waals surface area contributed by atoms with Gasteiger partial charge in [-0.1, -0.05) is 35.0 Å². The molecule has 0 amide bonds. The lowest BCUT2D eigenvalue weighted by atomic mass is 10.0. The molecule has 2 rings (SSSR count). The van der Waals surface area contributed by atoms with Crippen LogP contribution >= 0.6 is 11.6 Å². The molecule has 1 aromatic rings. The van der Waals surface area contributed by atoms with Gasteiger partial charge in [-0.2, -0.15) is 0 Å². The van der Waals surface area contributed by atoms with Crippen molar-refractivity contribution in [1.82, 2.24) is 4.90 Å². The first-order valence-corrected chi connectivity index (χ1v) is 7.46. The van der Waals surface area contributed by atoms with Crippen LogP contribution in [0.3, 0.4) is 0 Å². The van der Waals surface area contributed by atoms with Gasteiger partial charge < -0.3 is 9.94 Å². The fourth-order valence-electron chi connectivity index (χ4n) is 2.41. The Balaban J connectivity index is 1.91. The summed E-state index contributed by atoms with van der Waals surface area (Å²) in [6.07, 6.45) is 2.23. The summed E-state index contributed by atoms with van der Waals surface area (Å²) in [5, 5.41) is 14.4. The van der Waals surface area contributed by atoms with E-state index in [0.717, 1.165) is 30.8 Å². The van der Waals surface area contributed by atoms with Gasteiger partial charge in [0.2, 0.25) is 0 Å². The smallest absolute Gasteiger partial charge is 0.145 e. The Hall–Kier alpha value is -1.36. The van der Waals surface area contributed by atoms with Crippen LogP contribution in [-0.2, 0) is 4.84 Å². The zero-order valence-electron chi connectivity index (χ0n) is 12.2. The number of nitrogens with zero attached hydrogens (tertiary/aromatic N) is 2. The van der Waals surface area contributed by atoms with Crippen LogP contribution in [0, 0.1) is 0 Å². The second kappa shape index (κ2) is 7.59. The first-order valence-electron chi connectivity index (χ1n) is 7.08. The van der Waals surface area contributed by atoms with Gasteiger partial charge in [-0.15, -0.1) is 6.58 Å². The van der Waals surface area contributed by atoms with E-state index in [1.165, 1.54) is 0 Å². The maximum atomic E-state index is 9.52. The zero-order valence-corrected chi connectivity index (χ0v) is 13.0. The van der Waals surface area contributed by atoms with E-state index in [9.17, 15) is 5.11 Å². The maximum absolute atomic E-state index is 9.52. The lowest BCUT2D eigenvalue weighted by molar-refractivity contribution is 0.0420. The number of aliphatic hydroxyl groups excluding tert-OH is 1. The normalized spacial score (nSPS) is 19.2. The van der Waals surface area contributed by atoms with Crippen molar-refractivity contribution in [1.29, 1.82) is 0 Å². The van der Waals surface area contributed by atoms with E-state index in [2.05, 4.69) is 16.6 Å². The number of benzene rings is 1. The molecule has 0 saturated carbocycles. The molecular weight excluding hydrogens is 288 g/mol. The highest BCUT2D eigenvalue weighted by atomic mass is 35.5. The summed E-state index contributed by atoms with van der Waals surface area (Å²) in [5.74, 6) is 0. The third kappa shape index (κ3) is 4.84. The number of hydrogen-bond donors (Lipinski definition) is 1. The third-order valence-corrected chi connectivity index (χ3v) is 3.53. The van der Waals surface area contributed by atoms with E-state index in [4.69, 9.17) is 16.4 Å². The van der Waals surface area contributed by atoms with Gasteiger partial charge in [0.25, 0.3) is 0 Å². The molecule has 5 heteroatoms. The summed E-state index contributed by atoms with van der Waals surface area (Å²) in [7, 11) is 0. The molecule has 1 N–H and O–H groups in total. The molecule has 0 bridgehead atoms. The minimum atomic E-state index is -0.372. The van der Waals surface area contributed by atoms with Crippen molar-refractivity contribution in [3.63, 3.8) is 0 Å². The minimum Gasteiger partial charge on any atom is -0.392 e. The van der Waals surface area contributed by atoms with Gasteiger partial charge in [-0.3, -0.25) is 4.90 Å². The predicted molar refractivity (Wildman–Crippen MR) is 85.8 cm³/mol. The van der Waals surface area contributed by atoms with Gasteiger partial charge in [0.15, 0.2) is 0 Å². The van der Waals surface area contributed by atoms with E-state index in [1.807, 2.05) is 30.3 Å². The summed E-state index contributed by atoms with van der Waals surface area (Å²) >= 11 is 5.89. The highest BCUT2D eigenvalue weighted by Crippen LogP contribution is 2.19. The van der Waals surface area contributed by atoms with Crippen LogP contribution < -0.4 is 0 Å². The minimum absolute atomic E-state index is 0.00868. The summed E-state index contributed by atoms with van der Waals surface area (Å²) in [4.78, 5) is 7.62. The van der Waals surface area contributed by atoms with E-state index >= 15 is 0 Å². The van der Waals surface area contributed by atoms with E-state index in [-0.39, 0.29) is 12.2 Å². The molecule has 2 atom stereocenters. The average Bonchev–Trinajstić information content (AvgIpc) is 2.87. The van der Waals surface area contributed by atoms with Crippen LogP contribution in [0.4, 0.5) is 0 Å². The Kier molecular flexibility index (Phi) is 5.79. The molecule has 1 aromatic carbocycles. The topological polar surface area (TPSA) is 45.1 Å². The number of hydrogen-bond acceptors (Lipinski definition) is 4. The molecule has 0 spiro atoms. The van der Waals surface area contributed by atoms with Crippen molar-refractivity contribution in [2.75, 3.05) is 19.6 Å². The summed E-state index contributed by atoms with van der Waals surface area (Å²) in [6.45, 7) is 7.57. The summed E-state index contributed by atoms with van der Waals surface area (Å²) in [5.41, 5.74) is 1.97. The number of halogens is 1. The fraction of sp³-hybridized carbons (Fsp3) is 0.438. The van der Waals surface area contributed by atoms with Crippen LogP contribution in [-0.4, -0.2) is 47.6 Å². The van der Waals surface area contributed by atoms with E-state index < -0.39 is 0 Å². The lowest BCUT2D eigenvalue weighted by Crippen LogP contribution is -2.37. The largest absolute Gasteiger partial charge is 0.392 e. The standard InChI is InChI=1S/C16H21ClN2O2/c1-3-8-19(10-12(2)20)11-15-9-16(18-21-15)13-4-6-14(17)7-5-13/h3-7,12,15,20H,1,8-11H2,2H3/t12-,15+/m0/s1. The monoisotopic (exact) mass is 308 g/mol. The lowest BCUT2D eigenvalue weighted by Gasteiger charge is -2.24. The first kappa shape index (κ1) is 16.0. The van der Waals surface area contributed by atoms with E-state index in [0.29, 0.717) is 11.6 Å². The van der Waals surface area contributed by atoms with Gasteiger partial charge in [0.1, 0.15) is 6.10 Å². The number of rotatable bonds is 7. The molecule has 0 radical (unpaired) electrons. The van der Waals surface area contributed by atoms with Crippen LogP contribution in [0.2, 0.25) is 5.02 Å². The average molecular weight is 309 g/mol. The van der Waals surface area contributed by atoms with Crippen molar-refractivity contribution >= 4 is 17.3 Å². The van der Waals surface area contributed by atoms with Gasteiger partial charge in [0.05, 0.1) is 11.8 Å². The Bertz CT molecular complexity index is 500. The predicted octanol–water partition coefficient (Wildman–Crippen LogP) is 2.70. The number of oxime groups is 1. The molecule has 0 aliphatic carbocycles. The molecule has 1 heterocycles. The number of aliphatic hydroxyl groups is 1. The zero-order chi connectivity index (χ0) is 15.2. The second-order valence-corrected chi connectivity index (χ2v) is 5.77. The summed E-state index contributed by atoms with van der Waals surface area (Å²) in [6, 6.07) is 7.60. The first-order chi connectivity index (χ1) is 10.1. The van der Waals surface area contributed by atoms with Crippen molar-refractivity contribution in [2.45, 2.75) is 25.6 Å². The molecule has 0 unspecified atom stereocenters. The molecule has 1 aliphatic heterocycles. The molecular formula is C16H21ClN2O2. The van der Waals surface area contributed by atoms with Crippen molar-refractivity contribution < 1.29 is 9.94 Å². The Morgan fingerprint density at radius 3 is 2.86 bits per heavy atom. The summed E-state index contributed by atoms with van der Waals surface area (Å²) < 4.78 is 0. The van der Waals surface area contributed by atoms with Crippen molar-refractivity contribution in [3.8, 4) is 0 Å². The van der Waals surface area contributed by atoms with Gasteiger partial charge >= 0.3 is 0 Å². The molecule has 114 valence electrons. The third-order valence-electron chi connectivity index (χ3n) is 3.28. The molecule has 0 fully saturated rings. The molecule has 21 heavy (non-hydrogen) atoms. The quantitative estimate of drug-likeness (QED) is 0.788. The van der Waals surface area contributed by atoms with Crippen molar-refractivity contribution in [2.24, 2.45) is 5.16 Å². The molecule has 0 aromatic heterocycles. The van der Waals surface area contributed by atoms with Crippen LogP contribution in [0.5, 0.6) is 0 Å². The second-order valence-electron chi connectivity index (χ2n) is 5.33. The SMILES string of the molecule is C=CCN(C[C@H]1CC(c2ccc(Cl)cc2)=NO1)C[C@H](C)O. The van der Waals surface area contributed by atoms with Gasteiger partial charge in [0, 0.05) is 31.1 Å². The molecule has 1 aliphatic rings. The van der Waals surface area contributed by atoms with Crippen molar-refractivity contribution in [3.05, 3.63) is 47.5 Å². The van der Waals surface area contributed by atoms with Crippen LogP contribution in [0.25, 0.3) is 0 Å². The van der Waals surface area contributed by atoms with Gasteiger partial charge in [-0.25, -0.2) is 0 Å². The highest BCUT2D eigenvalue weighted by Gasteiger charge is 2.24.